The molecule has 1 saturated heterocycles. The number of rotatable bonds is 2. The molecule has 140 valence electrons. The summed E-state index contributed by atoms with van der Waals surface area (Å²) in [5.74, 6) is -0.114. The van der Waals surface area contributed by atoms with E-state index in [1.165, 1.54) is 18.2 Å². The maximum absolute atomic E-state index is 12.7. The van der Waals surface area contributed by atoms with E-state index in [1.54, 1.807) is 6.07 Å². The van der Waals surface area contributed by atoms with Crippen molar-refractivity contribution < 1.29 is 13.2 Å². The van der Waals surface area contributed by atoms with E-state index < -0.39 is 10.0 Å². The van der Waals surface area contributed by atoms with Crippen LogP contribution in [0, 0.1) is 0 Å². The number of nitrogens with zero attached hydrogens (tertiary/aromatic N) is 3. The van der Waals surface area contributed by atoms with Gasteiger partial charge in [0.25, 0.3) is 15.9 Å². The zero-order valence-corrected chi connectivity index (χ0v) is 16.4. The van der Waals surface area contributed by atoms with E-state index in [-0.39, 0.29) is 11.7 Å². The molecule has 0 spiro atoms. The molecule has 3 aliphatic rings. The molecular formula is C17H22N4O3S2. The van der Waals surface area contributed by atoms with Crippen LogP contribution in [0.2, 0.25) is 0 Å². The van der Waals surface area contributed by atoms with Gasteiger partial charge in [-0.1, -0.05) is 6.42 Å². The zero-order chi connectivity index (χ0) is 18.5. The Hall–Kier alpha value is -1.58. The Morgan fingerprint density at radius 2 is 2.00 bits per heavy atom. The van der Waals surface area contributed by atoms with Crippen LogP contribution in [-0.2, 0) is 10.0 Å². The average Bonchev–Trinajstić information content (AvgIpc) is 2.93. The van der Waals surface area contributed by atoms with Crippen molar-refractivity contribution >= 4 is 38.5 Å². The number of carbonyl (C=O) groups excluding carboxylic acids is 1. The summed E-state index contributed by atoms with van der Waals surface area (Å²) >= 11 is 1.30. The topological polar surface area (TPSA) is 82.1 Å². The van der Waals surface area contributed by atoms with Crippen LogP contribution in [0.5, 0.6) is 0 Å². The number of hydrazine groups is 1. The molecule has 1 aromatic rings. The Morgan fingerprint density at radius 1 is 1.27 bits per heavy atom. The number of hydrogen-bond donors (Lipinski definition) is 1. The van der Waals surface area contributed by atoms with Crippen molar-refractivity contribution in [2.24, 2.45) is 4.40 Å². The van der Waals surface area contributed by atoms with Gasteiger partial charge in [-0.2, -0.15) is 0 Å². The van der Waals surface area contributed by atoms with Gasteiger partial charge in [0.2, 0.25) is 0 Å². The molecule has 7 nitrogen and oxygen atoms in total. The van der Waals surface area contributed by atoms with Crippen molar-refractivity contribution in [1.82, 2.24) is 10.4 Å². The first-order chi connectivity index (χ1) is 12.3. The third-order valence-electron chi connectivity index (χ3n) is 5.16. The van der Waals surface area contributed by atoms with Gasteiger partial charge in [0, 0.05) is 29.1 Å². The van der Waals surface area contributed by atoms with Gasteiger partial charge in [0.05, 0.1) is 11.4 Å². The Bertz CT molecular complexity index is 874. The average molecular weight is 395 g/mol. The molecule has 1 N–H and O–H groups in total. The molecule has 0 unspecified atom stereocenters. The molecule has 26 heavy (non-hydrogen) atoms. The maximum Gasteiger partial charge on any atom is 0.265 e. The van der Waals surface area contributed by atoms with Crippen LogP contribution in [0.4, 0.5) is 5.69 Å². The number of thioether (sulfide) groups is 1. The smallest absolute Gasteiger partial charge is 0.265 e. The number of nitrogens with one attached hydrogen (secondary N) is 1. The highest BCUT2D eigenvalue weighted by Crippen LogP contribution is 2.42. The molecule has 0 saturated carbocycles. The van der Waals surface area contributed by atoms with E-state index in [9.17, 15) is 13.2 Å². The van der Waals surface area contributed by atoms with Crippen LogP contribution >= 0.6 is 11.8 Å². The highest BCUT2D eigenvalue weighted by atomic mass is 32.2. The maximum atomic E-state index is 12.7. The Balaban J connectivity index is 1.55. The molecule has 1 aromatic carbocycles. The summed E-state index contributed by atoms with van der Waals surface area (Å²) in [5.41, 5.74) is 4.54. The van der Waals surface area contributed by atoms with Crippen molar-refractivity contribution in [3.63, 3.8) is 0 Å². The molecule has 0 radical (unpaired) electrons. The standard InChI is InChI=1S/C17H22N4O3S2/c1-11-4-3-5-12(2)21(11)18-16(22)13-6-7-14-15(10-13)25-17-19-26(23,24)9-8-20(14)17/h6-7,10-12H,3-5,8-9H2,1-2H3,(H,18,22)/t11-,12-/m1/s1. The Labute approximate surface area is 157 Å². The van der Waals surface area contributed by atoms with Crippen molar-refractivity contribution in [1.29, 1.82) is 0 Å². The van der Waals surface area contributed by atoms with Crippen LogP contribution < -0.4 is 10.3 Å². The second-order valence-corrected chi connectivity index (χ2v) is 9.84. The Morgan fingerprint density at radius 3 is 2.73 bits per heavy atom. The van der Waals surface area contributed by atoms with Gasteiger partial charge in [-0.3, -0.25) is 10.2 Å². The van der Waals surface area contributed by atoms with E-state index in [0.717, 1.165) is 23.4 Å². The first-order valence-electron chi connectivity index (χ1n) is 8.85. The minimum atomic E-state index is -3.37. The summed E-state index contributed by atoms with van der Waals surface area (Å²) in [6.07, 6.45) is 3.34. The largest absolute Gasteiger partial charge is 0.318 e. The zero-order valence-electron chi connectivity index (χ0n) is 14.8. The summed E-state index contributed by atoms with van der Waals surface area (Å²) in [4.78, 5) is 15.5. The fraction of sp³-hybridized carbons (Fsp3) is 0.529. The van der Waals surface area contributed by atoms with Gasteiger partial charge in [0.15, 0.2) is 5.17 Å². The molecule has 4 rings (SSSR count). The predicted octanol–water partition coefficient (Wildman–Crippen LogP) is 2.21. The van der Waals surface area contributed by atoms with Crippen molar-refractivity contribution in [3.05, 3.63) is 23.8 Å². The molecule has 0 bridgehead atoms. The predicted molar refractivity (Wildman–Crippen MR) is 103 cm³/mol. The van der Waals surface area contributed by atoms with E-state index in [2.05, 4.69) is 23.7 Å². The number of carbonyl (C=O) groups is 1. The third kappa shape index (κ3) is 3.23. The van der Waals surface area contributed by atoms with Crippen LogP contribution in [0.15, 0.2) is 27.5 Å². The third-order valence-corrected chi connectivity index (χ3v) is 7.47. The van der Waals surface area contributed by atoms with Crippen LogP contribution in [0.1, 0.15) is 43.5 Å². The number of piperidine rings is 1. The van der Waals surface area contributed by atoms with Crippen LogP contribution in [-0.4, -0.2) is 48.9 Å². The van der Waals surface area contributed by atoms with Crippen molar-refractivity contribution in [3.8, 4) is 0 Å². The number of anilines is 1. The number of benzene rings is 1. The van der Waals surface area contributed by atoms with Crippen LogP contribution in [0.25, 0.3) is 0 Å². The van der Waals surface area contributed by atoms with Gasteiger partial charge in [0.1, 0.15) is 0 Å². The Kier molecular flexibility index (Phi) is 4.48. The van der Waals surface area contributed by atoms with Crippen molar-refractivity contribution in [2.45, 2.75) is 50.1 Å². The van der Waals surface area contributed by atoms with E-state index in [0.29, 0.717) is 29.4 Å². The quantitative estimate of drug-likeness (QED) is 0.828. The van der Waals surface area contributed by atoms with Gasteiger partial charge in [-0.15, -0.1) is 4.40 Å². The number of amides is 1. The minimum absolute atomic E-state index is 0.0173. The lowest BCUT2D eigenvalue weighted by atomic mass is 10.00. The van der Waals surface area contributed by atoms with Crippen LogP contribution in [0.3, 0.4) is 0 Å². The lowest BCUT2D eigenvalue weighted by molar-refractivity contribution is 0.0369. The summed E-state index contributed by atoms with van der Waals surface area (Å²) in [6.45, 7) is 4.66. The van der Waals surface area contributed by atoms with Gasteiger partial charge >= 0.3 is 0 Å². The highest BCUT2D eigenvalue weighted by Gasteiger charge is 2.34. The molecule has 3 heterocycles. The fourth-order valence-corrected chi connectivity index (χ4v) is 5.99. The van der Waals surface area contributed by atoms with Gasteiger partial charge in [-0.05, 0) is 56.7 Å². The molecule has 1 amide bonds. The van der Waals surface area contributed by atoms with Gasteiger partial charge < -0.3 is 4.90 Å². The highest BCUT2D eigenvalue weighted by molar-refractivity contribution is 8.15. The second-order valence-electron chi connectivity index (χ2n) is 7.07. The number of sulfonamides is 1. The minimum Gasteiger partial charge on any atom is -0.318 e. The normalized spacial score (nSPS) is 27.5. The fourth-order valence-electron chi connectivity index (χ4n) is 3.70. The van der Waals surface area contributed by atoms with E-state index in [1.807, 2.05) is 22.0 Å². The molecule has 3 aliphatic heterocycles. The number of hydrogen-bond acceptors (Lipinski definition) is 6. The van der Waals surface area contributed by atoms with Gasteiger partial charge in [-0.25, -0.2) is 13.4 Å². The number of amidine groups is 1. The monoisotopic (exact) mass is 394 g/mol. The molecule has 0 aromatic heterocycles. The molecule has 2 atom stereocenters. The summed E-state index contributed by atoms with van der Waals surface area (Å²) in [6, 6.07) is 6.13. The number of fused-ring (bicyclic) bond motifs is 3. The van der Waals surface area contributed by atoms with E-state index in [4.69, 9.17) is 0 Å². The summed E-state index contributed by atoms with van der Waals surface area (Å²) in [5, 5.41) is 2.52. The van der Waals surface area contributed by atoms with Crippen molar-refractivity contribution in [2.75, 3.05) is 17.2 Å². The summed E-state index contributed by atoms with van der Waals surface area (Å²) in [7, 11) is -3.37. The lowest BCUT2D eigenvalue weighted by Crippen LogP contribution is -2.54. The first kappa shape index (κ1) is 17.8. The second kappa shape index (κ2) is 6.54. The molecule has 9 heteroatoms. The first-order valence-corrected chi connectivity index (χ1v) is 11.3. The molecule has 1 fully saturated rings. The molecular weight excluding hydrogens is 372 g/mol. The van der Waals surface area contributed by atoms with E-state index >= 15 is 0 Å². The summed E-state index contributed by atoms with van der Waals surface area (Å²) < 4.78 is 27.3. The lowest BCUT2D eigenvalue weighted by Gasteiger charge is -2.38. The molecule has 0 aliphatic carbocycles. The SMILES string of the molecule is C[C@@H]1CCC[C@@H](C)N1NC(=O)c1ccc2c(c1)SC1=NS(=O)(=O)CCN12.